The second-order valence-corrected chi connectivity index (χ2v) is 8.95. The maximum absolute atomic E-state index is 13.0. The van der Waals surface area contributed by atoms with Gasteiger partial charge in [0.25, 0.3) is 10.0 Å². The van der Waals surface area contributed by atoms with Crippen LogP contribution in [0.4, 0.5) is 0 Å². The van der Waals surface area contributed by atoms with Crippen molar-refractivity contribution in [3.8, 4) is 11.4 Å². The van der Waals surface area contributed by atoms with E-state index in [2.05, 4.69) is 16.2 Å². The molecule has 2 aromatic heterocycles. The summed E-state index contributed by atoms with van der Waals surface area (Å²) in [6.07, 6.45) is 1.38. The van der Waals surface area contributed by atoms with Crippen LogP contribution in [-0.4, -0.2) is 29.4 Å². The number of benzene rings is 1. The Kier molecular flexibility index (Phi) is 4.18. The number of rotatable bonds is 4. The second-order valence-electron chi connectivity index (χ2n) is 5.88. The quantitative estimate of drug-likeness (QED) is 0.700. The van der Waals surface area contributed by atoms with E-state index < -0.39 is 10.0 Å². The van der Waals surface area contributed by atoms with Crippen molar-refractivity contribution in [3.63, 3.8) is 0 Å². The van der Waals surface area contributed by atoms with E-state index in [0.717, 1.165) is 12.0 Å². The third kappa shape index (κ3) is 3.01. The lowest BCUT2D eigenvalue weighted by atomic mass is 10.0. The maximum Gasteiger partial charge on any atom is 0.252 e. The molecule has 3 heterocycles. The zero-order valence-electron chi connectivity index (χ0n) is 13.7. The van der Waals surface area contributed by atoms with Crippen molar-refractivity contribution in [2.75, 3.05) is 6.54 Å². The first-order valence-electron chi connectivity index (χ1n) is 8.06. The summed E-state index contributed by atoms with van der Waals surface area (Å²) in [7, 11) is -3.52. The van der Waals surface area contributed by atoms with E-state index >= 15 is 0 Å². The predicted octanol–water partition coefficient (Wildman–Crippen LogP) is 3.11. The van der Waals surface area contributed by atoms with Crippen LogP contribution in [0, 0.1) is 0 Å². The van der Waals surface area contributed by atoms with Gasteiger partial charge in [-0.05, 0) is 23.6 Å². The van der Waals surface area contributed by atoms with Crippen LogP contribution in [0.5, 0.6) is 0 Å². The van der Waals surface area contributed by atoms with Crippen molar-refractivity contribution in [2.45, 2.75) is 30.5 Å². The van der Waals surface area contributed by atoms with Crippen LogP contribution in [0.1, 0.15) is 23.9 Å². The van der Waals surface area contributed by atoms with E-state index in [9.17, 15) is 8.42 Å². The highest BCUT2D eigenvalue weighted by Crippen LogP contribution is 2.31. The second kappa shape index (κ2) is 6.36. The lowest BCUT2D eigenvalue weighted by molar-refractivity contribution is 0.382. The van der Waals surface area contributed by atoms with E-state index in [4.69, 9.17) is 4.52 Å². The van der Waals surface area contributed by atoms with Gasteiger partial charge in [-0.25, -0.2) is 8.42 Å². The fourth-order valence-corrected chi connectivity index (χ4v) is 5.62. The number of hydrogen-bond acceptors (Lipinski definition) is 6. The van der Waals surface area contributed by atoms with Crippen LogP contribution in [0.15, 0.2) is 44.4 Å². The van der Waals surface area contributed by atoms with E-state index in [1.807, 2.05) is 25.1 Å². The number of nitrogens with zero attached hydrogens (tertiary/aromatic N) is 3. The monoisotopic (exact) mass is 375 g/mol. The summed E-state index contributed by atoms with van der Waals surface area (Å²) < 4.78 is 32.9. The molecular formula is C17H17N3O3S2. The molecular weight excluding hydrogens is 358 g/mol. The van der Waals surface area contributed by atoms with Gasteiger partial charge >= 0.3 is 0 Å². The summed E-state index contributed by atoms with van der Waals surface area (Å²) in [5, 5.41) is 5.67. The molecule has 0 atom stereocenters. The summed E-state index contributed by atoms with van der Waals surface area (Å²) in [4.78, 5) is 4.26. The molecule has 130 valence electrons. The Hall–Kier alpha value is -2.03. The largest absolute Gasteiger partial charge is 0.339 e. The molecule has 0 saturated carbocycles. The number of hydrogen-bond donors (Lipinski definition) is 0. The average molecular weight is 375 g/mol. The summed E-state index contributed by atoms with van der Waals surface area (Å²) in [5.74, 6) is 0.969. The summed E-state index contributed by atoms with van der Waals surface area (Å²) >= 11 is 1.19. The lowest BCUT2D eigenvalue weighted by Crippen LogP contribution is -2.35. The van der Waals surface area contributed by atoms with Crippen molar-refractivity contribution in [1.29, 1.82) is 0 Å². The molecule has 0 spiro atoms. The Labute approximate surface area is 150 Å². The Bertz CT molecular complexity index is 1010. The zero-order chi connectivity index (χ0) is 17.4. The molecule has 0 radical (unpaired) electrons. The van der Waals surface area contributed by atoms with Gasteiger partial charge in [-0.15, -0.1) is 11.3 Å². The molecule has 4 rings (SSSR count). The first-order valence-corrected chi connectivity index (χ1v) is 10.4. The van der Waals surface area contributed by atoms with Crippen molar-refractivity contribution in [1.82, 2.24) is 14.4 Å². The minimum atomic E-state index is -3.52. The predicted molar refractivity (Wildman–Crippen MR) is 94.7 cm³/mol. The smallest absolute Gasteiger partial charge is 0.252 e. The Morgan fingerprint density at radius 2 is 2.08 bits per heavy atom. The maximum atomic E-state index is 13.0. The summed E-state index contributed by atoms with van der Waals surface area (Å²) in [6.45, 7) is 2.83. The van der Waals surface area contributed by atoms with E-state index in [1.165, 1.54) is 16.9 Å². The first kappa shape index (κ1) is 16.4. The number of thiophene rings is 1. The Morgan fingerprint density at radius 1 is 1.28 bits per heavy atom. The van der Waals surface area contributed by atoms with Gasteiger partial charge in [-0.2, -0.15) is 9.29 Å². The minimum Gasteiger partial charge on any atom is -0.339 e. The molecule has 1 aromatic carbocycles. The van der Waals surface area contributed by atoms with Crippen molar-refractivity contribution in [2.24, 2.45) is 0 Å². The van der Waals surface area contributed by atoms with Gasteiger partial charge in [0, 0.05) is 30.5 Å². The molecule has 1 aliphatic rings. The lowest BCUT2D eigenvalue weighted by Gasteiger charge is -2.27. The minimum absolute atomic E-state index is 0.310. The highest BCUT2D eigenvalue weighted by molar-refractivity contribution is 7.91. The van der Waals surface area contributed by atoms with E-state index in [-0.39, 0.29) is 0 Å². The van der Waals surface area contributed by atoms with E-state index in [1.54, 1.807) is 15.8 Å². The van der Waals surface area contributed by atoms with Gasteiger partial charge in [0.05, 0.1) is 0 Å². The third-order valence-corrected chi connectivity index (χ3v) is 7.55. The van der Waals surface area contributed by atoms with Gasteiger partial charge in [-0.3, -0.25) is 0 Å². The fourth-order valence-electron chi connectivity index (χ4n) is 2.89. The highest BCUT2D eigenvalue weighted by Gasteiger charge is 2.29. The zero-order valence-corrected chi connectivity index (χ0v) is 15.3. The van der Waals surface area contributed by atoms with Gasteiger partial charge in [-0.1, -0.05) is 36.3 Å². The summed E-state index contributed by atoms with van der Waals surface area (Å²) in [5.41, 5.74) is 2.96. The molecule has 0 aliphatic carbocycles. The van der Waals surface area contributed by atoms with Gasteiger partial charge in [0.1, 0.15) is 4.21 Å². The summed E-state index contributed by atoms with van der Waals surface area (Å²) in [6, 6.07) is 9.61. The molecule has 0 saturated heterocycles. The topological polar surface area (TPSA) is 76.3 Å². The third-order valence-electron chi connectivity index (χ3n) is 4.29. The molecule has 8 heteroatoms. The molecule has 0 fully saturated rings. The Balaban J connectivity index is 1.61. The number of aryl methyl sites for hydroxylation is 1. The van der Waals surface area contributed by atoms with Gasteiger partial charge in [0.2, 0.25) is 11.7 Å². The standard InChI is InChI=1S/C17H17N3O3S2/c1-2-15-18-17(19-23-15)14-9-16(24-11-14)25(21,22)20-8-7-12-5-3-4-6-13(12)10-20/h3-6,9,11H,2,7-8,10H2,1H3. The van der Waals surface area contributed by atoms with Crippen LogP contribution >= 0.6 is 11.3 Å². The molecule has 3 aromatic rings. The highest BCUT2D eigenvalue weighted by atomic mass is 32.2. The van der Waals surface area contributed by atoms with Crippen LogP contribution in [0.2, 0.25) is 0 Å². The van der Waals surface area contributed by atoms with Crippen molar-refractivity contribution in [3.05, 3.63) is 52.7 Å². The molecule has 1 aliphatic heterocycles. The van der Waals surface area contributed by atoms with Crippen molar-refractivity contribution < 1.29 is 12.9 Å². The molecule has 0 N–H and O–H groups in total. The molecule has 6 nitrogen and oxygen atoms in total. The van der Waals surface area contributed by atoms with Crippen LogP contribution in [0.25, 0.3) is 11.4 Å². The van der Waals surface area contributed by atoms with Crippen LogP contribution in [-0.2, 0) is 29.4 Å². The van der Waals surface area contributed by atoms with Gasteiger partial charge < -0.3 is 4.52 Å². The van der Waals surface area contributed by atoms with Crippen LogP contribution in [0.3, 0.4) is 0 Å². The molecule has 25 heavy (non-hydrogen) atoms. The molecule has 0 bridgehead atoms. The Morgan fingerprint density at radius 3 is 2.84 bits per heavy atom. The number of aromatic nitrogens is 2. The molecule has 0 amide bonds. The van der Waals surface area contributed by atoms with Crippen molar-refractivity contribution >= 4 is 21.4 Å². The van der Waals surface area contributed by atoms with Crippen LogP contribution < -0.4 is 0 Å². The number of sulfonamides is 1. The fraction of sp³-hybridized carbons (Fsp3) is 0.294. The van der Waals surface area contributed by atoms with Gasteiger partial charge in [0.15, 0.2) is 0 Å². The molecule has 0 unspecified atom stereocenters. The number of fused-ring (bicyclic) bond motifs is 1. The first-order chi connectivity index (χ1) is 12.1. The SMILES string of the molecule is CCc1nc(-c2csc(S(=O)(=O)N3CCc4ccccc4C3)c2)no1. The van der Waals surface area contributed by atoms with E-state index in [0.29, 0.717) is 41.0 Å². The normalized spacial score (nSPS) is 15.2. The average Bonchev–Trinajstić information content (AvgIpc) is 3.30.